The van der Waals surface area contributed by atoms with Crippen LogP contribution >= 0.6 is 15.9 Å². The van der Waals surface area contributed by atoms with Crippen molar-refractivity contribution in [1.82, 2.24) is 0 Å². The van der Waals surface area contributed by atoms with Gasteiger partial charge in [-0.25, -0.2) is 0 Å². The zero-order valence-corrected chi connectivity index (χ0v) is 12.7. The zero-order chi connectivity index (χ0) is 14.3. The first-order valence-corrected chi connectivity index (χ1v) is 7.74. The van der Waals surface area contributed by atoms with E-state index >= 15 is 0 Å². The number of nitrogens with zero attached hydrogens (tertiary/aromatic N) is 1. The number of hydrogen-bond acceptors (Lipinski definition) is 1. The second-order valence-electron chi connectivity index (χ2n) is 5.81. The number of amides is 1. The van der Waals surface area contributed by atoms with Crippen LogP contribution in [0.3, 0.4) is 0 Å². The maximum Gasteiger partial charge on any atom is 0.252 e. The van der Waals surface area contributed by atoms with Crippen LogP contribution in [0.25, 0.3) is 0 Å². The maximum atomic E-state index is 12.4. The van der Waals surface area contributed by atoms with Gasteiger partial charge in [-0.3, -0.25) is 4.79 Å². The molecule has 2 unspecified atom stereocenters. The highest BCUT2D eigenvalue weighted by molar-refractivity contribution is 9.10. The smallest absolute Gasteiger partial charge is 0.252 e. The topological polar surface area (TPSA) is 81.5 Å². The van der Waals surface area contributed by atoms with E-state index in [1.165, 1.54) is 12.0 Å². The van der Waals surface area contributed by atoms with E-state index in [1.807, 2.05) is 12.1 Å². The molecule has 1 amide bonds. The van der Waals surface area contributed by atoms with Crippen LogP contribution in [-0.2, 0) is 4.79 Å². The van der Waals surface area contributed by atoms with Crippen molar-refractivity contribution < 1.29 is 4.79 Å². The number of carbonyl (C=O) groups is 1. The molecule has 0 heterocycles. The third-order valence-electron chi connectivity index (χ3n) is 4.67. The Hall–Kier alpha value is -1.36. The quantitative estimate of drug-likeness (QED) is 0.643. The largest absolute Gasteiger partial charge is 0.370 e. The Morgan fingerprint density at radius 3 is 2.70 bits per heavy atom. The van der Waals surface area contributed by atoms with Crippen molar-refractivity contribution in [3.63, 3.8) is 0 Å². The van der Waals surface area contributed by atoms with Gasteiger partial charge in [-0.15, -0.1) is 0 Å². The van der Waals surface area contributed by atoms with Crippen LogP contribution in [0.1, 0.15) is 30.7 Å². The summed E-state index contributed by atoms with van der Waals surface area (Å²) in [5.41, 5.74) is 12.0. The summed E-state index contributed by atoms with van der Waals surface area (Å²) in [6.07, 6.45) is 3.44. The van der Waals surface area contributed by atoms with Crippen LogP contribution in [0.2, 0.25) is 0 Å². The molecule has 5 heteroatoms. The van der Waals surface area contributed by atoms with E-state index in [-0.39, 0.29) is 23.7 Å². The lowest BCUT2D eigenvalue weighted by Crippen LogP contribution is -2.31. The van der Waals surface area contributed by atoms with Crippen molar-refractivity contribution in [3.05, 3.63) is 34.3 Å². The van der Waals surface area contributed by atoms with Crippen molar-refractivity contribution in [3.8, 4) is 0 Å². The number of fused-ring (bicyclic) bond motifs is 2. The molecule has 0 aliphatic heterocycles. The second-order valence-corrected chi connectivity index (χ2v) is 6.73. The molecule has 20 heavy (non-hydrogen) atoms. The normalized spacial score (nSPS) is 31.2. The van der Waals surface area contributed by atoms with Crippen LogP contribution in [0.5, 0.6) is 0 Å². The molecular weight excluding hydrogens is 318 g/mol. The SMILES string of the molecule is NC(N)=NC(=O)[C@H]1C2CCC(C2)[C@@H]1c1cccc(Br)c1. The van der Waals surface area contributed by atoms with Gasteiger partial charge in [0.15, 0.2) is 5.96 Å². The summed E-state index contributed by atoms with van der Waals surface area (Å²) >= 11 is 3.51. The fourth-order valence-corrected chi connectivity index (χ4v) is 4.46. The number of guanidine groups is 1. The van der Waals surface area contributed by atoms with Crippen LogP contribution in [0, 0.1) is 17.8 Å². The van der Waals surface area contributed by atoms with Gasteiger partial charge in [0.2, 0.25) is 0 Å². The molecule has 106 valence electrons. The Balaban J connectivity index is 1.95. The Bertz CT molecular complexity index is 568. The number of rotatable bonds is 2. The summed E-state index contributed by atoms with van der Waals surface area (Å²) < 4.78 is 1.05. The molecule has 2 aliphatic rings. The molecule has 2 saturated carbocycles. The summed E-state index contributed by atoms with van der Waals surface area (Å²) in [6, 6.07) is 8.24. The highest BCUT2D eigenvalue weighted by atomic mass is 79.9. The lowest BCUT2D eigenvalue weighted by atomic mass is 9.75. The Morgan fingerprint density at radius 2 is 2.00 bits per heavy atom. The maximum absolute atomic E-state index is 12.4. The summed E-state index contributed by atoms with van der Waals surface area (Å²) in [6.45, 7) is 0. The van der Waals surface area contributed by atoms with Gasteiger partial charge in [0, 0.05) is 4.47 Å². The molecular formula is C15H18BrN3O. The van der Waals surface area contributed by atoms with Gasteiger partial charge < -0.3 is 11.5 Å². The van der Waals surface area contributed by atoms with Crippen molar-refractivity contribution in [1.29, 1.82) is 0 Å². The highest BCUT2D eigenvalue weighted by Crippen LogP contribution is 2.57. The van der Waals surface area contributed by atoms with Crippen molar-refractivity contribution in [2.24, 2.45) is 34.2 Å². The lowest BCUT2D eigenvalue weighted by molar-refractivity contribution is -0.123. The van der Waals surface area contributed by atoms with Crippen LogP contribution in [0.15, 0.2) is 33.7 Å². The molecule has 4 atom stereocenters. The van der Waals surface area contributed by atoms with Gasteiger partial charge in [0.25, 0.3) is 5.91 Å². The molecule has 2 fully saturated rings. The predicted molar refractivity (Wildman–Crippen MR) is 82.0 cm³/mol. The minimum absolute atomic E-state index is 0.0647. The first kappa shape index (κ1) is 13.6. The summed E-state index contributed by atoms with van der Waals surface area (Å²) in [7, 11) is 0. The fraction of sp³-hybridized carbons (Fsp3) is 0.467. The first-order chi connectivity index (χ1) is 9.56. The molecule has 0 saturated heterocycles. The number of carbonyl (C=O) groups excluding carboxylic acids is 1. The average molecular weight is 336 g/mol. The molecule has 2 bridgehead atoms. The molecule has 4 N–H and O–H groups in total. The standard InChI is InChI=1S/C15H18BrN3O/c16-11-3-1-2-8(7-11)12-9-4-5-10(6-9)13(12)14(20)19-15(17)18/h1-3,7,9-10,12-13H,4-6H2,(H4,17,18,19,20)/t9?,10?,12-,13-/m0/s1. The van der Waals surface area contributed by atoms with E-state index in [2.05, 4.69) is 33.1 Å². The van der Waals surface area contributed by atoms with Crippen molar-refractivity contribution in [2.45, 2.75) is 25.2 Å². The molecule has 3 rings (SSSR count). The number of halogens is 1. The Morgan fingerprint density at radius 1 is 1.25 bits per heavy atom. The van der Waals surface area contributed by atoms with E-state index in [1.54, 1.807) is 0 Å². The number of benzene rings is 1. The molecule has 2 aliphatic carbocycles. The molecule has 1 aromatic rings. The fourth-order valence-electron chi connectivity index (χ4n) is 4.04. The number of hydrogen-bond donors (Lipinski definition) is 2. The van der Waals surface area contributed by atoms with Crippen LogP contribution in [0.4, 0.5) is 0 Å². The number of nitrogens with two attached hydrogens (primary N) is 2. The Labute approximate surface area is 126 Å². The molecule has 0 spiro atoms. The van der Waals surface area contributed by atoms with Crippen LogP contribution in [-0.4, -0.2) is 11.9 Å². The van der Waals surface area contributed by atoms with Gasteiger partial charge >= 0.3 is 0 Å². The second kappa shape index (κ2) is 5.20. The van der Waals surface area contributed by atoms with E-state index in [0.29, 0.717) is 11.8 Å². The van der Waals surface area contributed by atoms with Gasteiger partial charge in [-0.1, -0.05) is 28.1 Å². The van der Waals surface area contributed by atoms with Gasteiger partial charge in [0.1, 0.15) is 0 Å². The predicted octanol–water partition coefficient (Wildman–Crippen LogP) is 2.38. The van der Waals surface area contributed by atoms with E-state index in [0.717, 1.165) is 17.3 Å². The molecule has 0 aromatic heterocycles. The highest BCUT2D eigenvalue weighted by Gasteiger charge is 2.51. The van der Waals surface area contributed by atoms with Crippen molar-refractivity contribution in [2.75, 3.05) is 0 Å². The Kier molecular flexibility index (Phi) is 3.54. The first-order valence-electron chi connectivity index (χ1n) is 6.95. The monoisotopic (exact) mass is 335 g/mol. The number of aliphatic imine (C=N–C) groups is 1. The molecule has 0 radical (unpaired) electrons. The minimum Gasteiger partial charge on any atom is -0.370 e. The van der Waals surface area contributed by atoms with E-state index < -0.39 is 0 Å². The average Bonchev–Trinajstić information content (AvgIpc) is 2.97. The molecule has 4 nitrogen and oxygen atoms in total. The summed E-state index contributed by atoms with van der Waals surface area (Å²) in [5, 5.41) is 0. The van der Waals surface area contributed by atoms with Gasteiger partial charge in [0.05, 0.1) is 5.92 Å². The van der Waals surface area contributed by atoms with E-state index in [9.17, 15) is 4.79 Å². The lowest BCUT2D eigenvalue weighted by Gasteiger charge is -2.29. The van der Waals surface area contributed by atoms with Crippen LogP contribution < -0.4 is 11.5 Å². The summed E-state index contributed by atoms with van der Waals surface area (Å²) in [5.74, 6) is 0.914. The van der Waals surface area contributed by atoms with Gasteiger partial charge in [-0.05, 0) is 54.7 Å². The third-order valence-corrected chi connectivity index (χ3v) is 5.17. The van der Waals surface area contributed by atoms with E-state index in [4.69, 9.17) is 11.5 Å². The summed E-state index contributed by atoms with van der Waals surface area (Å²) in [4.78, 5) is 16.2. The zero-order valence-electron chi connectivity index (χ0n) is 11.1. The van der Waals surface area contributed by atoms with Crippen molar-refractivity contribution >= 4 is 27.8 Å². The van der Waals surface area contributed by atoms with Gasteiger partial charge in [-0.2, -0.15) is 4.99 Å². The third kappa shape index (κ3) is 2.35. The minimum atomic E-state index is -0.151. The molecule has 1 aromatic carbocycles.